The van der Waals surface area contributed by atoms with Crippen LogP contribution in [0, 0.1) is 0 Å². The summed E-state index contributed by atoms with van der Waals surface area (Å²) in [6.07, 6.45) is 3.33. The Kier molecular flexibility index (Phi) is 6.78. The summed E-state index contributed by atoms with van der Waals surface area (Å²) in [5.41, 5.74) is 6.12. The number of benzene rings is 1. The summed E-state index contributed by atoms with van der Waals surface area (Å²) in [4.78, 5) is 0.198. The van der Waals surface area contributed by atoms with Crippen LogP contribution >= 0.6 is 15.9 Å². The van der Waals surface area contributed by atoms with Crippen LogP contribution in [0.4, 0.5) is 5.69 Å². The minimum atomic E-state index is -3.48. The second-order valence-corrected chi connectivity index (χ2v) is 6.84. The number of anilines is 1. The lowest BCUT2D eigenvalue weighted by Gasteiger charge is -2.08. The van der Waals surface area contributed by atoms with Crippen LogP contribution < -0.4 is 10.5 Å². The molecule has 0 saturated carbocycles. The van der Waals surface area contributed by atoms with Crippen LogP contribution in [0.5, 0.6) is 0 Å². The first-order chi connectivity index (χ1) is 8.97. The van der Waals surface area contributed by atoms with Crippen molar-refractivity contribution in [2.75, 3.05) is 18.9 Å². The van der Waals surface area contributed by atoms with E-state index in [1.165, 1.54) is 12.1 Å². The van der Waals surface area contributed by atoms with E-state index in [1.807, 2.05) is 0 Å². The van der Waals surface area contributed by atoms with E-state index in [4.69, 9.17) is 10.8 Å². The van der Waals surface area contributed by atoms with Crippen molar-refractivity contribution in [3.8, 4) is 0 Å². The fourth-order valence-electron chi connectivity index (χ4n) is 1.56. The molecule has 5 nitrogen and oxygen atoms in total. The van der Waals surface area contributed by atoms with Crippen LogP contribution in [0.3, 0.4) is 0 Å². The summed E-state index contributed by atoms with van der Waals surface area (Å²) in [5, 5.41) is 8.62. The molecule has 1 rings (SSSR count). The van der Waals surface area contributed by atoms with Gasteiger partial charge >= 0.3 is 0 Å². The van der Waals surface area contributed by atoms with E-state index in [2.05, 4.69) is 20.7 Å². The fraction of sp³-hybridized carbons (Fsp3) is 0.500. The molecule has 0 aromatic heterocycles. The van der Waals surface area contributed by atoms with Crippen molar-refractivity contribution in [3.05, 3.63) is 22.7 Å². The van der Waals surface area contributed by atoms with Crippen LogP contribution in [-0.4, -0.2) is 26.7 Å². The molecule has 0 aliphatic carbocycles. The van der Waals surface area contributed by atoms with Gasteiger partial charge in [0.15, 0.2) is 0 Å². The average Bonchev–Trinajstić information content (AvgIpc) is 2.36. The molecule has 0 amide bonds. The Bertz CT molecular complexity index is 506. The summed E-state index contributed by atoms with van der Waals surface area (Å²) in [7, 11) is -3.48. The van der Waals surface area contributed by atoms with Gasteiger partial charge in [0.25, 0.3) is 0 Å². The van der Waals surface area contributed by atoms with Crippen LogP contribution in [0.2, 0.25) is 0 Å². The highest BCUT2D eigenvalue weighted by Gasteiger charge is 2.14. The van der Waals surface area contributed by atoms with Gasteiger partial charge in [0.05, 0.1) is 4.90 Å². The quantitative estimate of drug-likeness (QED) is 0.492. The van der Waals surface area contributed by atoms with Gasteiger partial charge in [0, 0.05) is 23.3 Å². The highest BCUT2D eigenvalue weighted by Crippen LogP contribution is 2.22. The zero-order valence-electron chi connectivity index (χ0n) is 10.6. The third-order valence-corrected chi connectivity index (χ3v) is 4.80. The number of hydrogen-bond donors (Lipinski definition) is 3. The Morgan fingerprint density at radius 2 is 1.89 bits per heavy atom. The van der Waals surface area contributed by atoms with E-state index in [-0.39, 0.29) is 11.5 Å². The number of halogens is 1. The molecule has 0 aliphatic rings. The number of unbranched alkanes of at least 4 members (excludes halogenated alkanes) is 3. The third-order valence-electron chi connectivity index (χ3n) is 2.66. The number of nitrogens with two attached hydrogens (primary N) is 1. The maximum Gasteiger partial charge on any atom is 0.240 e. The van der Waals surface area contributed by atoms with Crippen molar-refractivity contribution in [2.24, 2.45) is 0 Å². The van der Waals surface area contributed by atoms with Crippen molar-refractivity contribution in [3.63, 3.8) is 0 Å². The molecule has 1 aromatic carbocycles. The molecule has 0 atom stereocenters. The van der Waals surface area contributed by atoms with Crippen molar-refractivity contribution in [1.82, 2.24) is 4.72 Å². The molecule has 19 heavy (non-hydrogen) atoms. The molecule has 1 aromatic rings. The minimum Gasteiger partial charge on any atom is -0.398 e. The predicted molar refractivity (Wildman–Crippen MR) is 79.3 cm³/mol. The lowest BCUT2D eigenvalue weighted by Crippen LogP contribution is -2.24. The Labute approximate surface area is 122 Å². The predicted octanol–water partition coefficient (Wildman–Crippen LogP) is 1.86. The highest BCUT2D eigenvalue weighted by atomic mass is 79.9. The van der Waals surface area contributed by atoms with Gasteiger partial charge in [0.1, 0.15) is 0 Å². The summed E-state index contributed by atoms with van der Waals surface area (Å²) in [6.45, 7) is 0.584. The highest BCUT2D eigenvalue weighted by molar-refractivity contribution is 9.10. The number of aliphatic hydroxyl groups is 1. The van der Waals surface area contributed by atoms with E-state index >= 15 is 0 Å². The van der Waals surface area contributed by atoms with Crippen LogP contribution in [0.25, 0.3) is 0 Å². The van der Waals surface area contributed by atoms with Gasteiger partial charge in [-0.1, -0.05) is 12.8 Å². The molecule has 0 unspecified atom stereocenters. The van der Waals surface area contributed by atoms with Crippen molar-refractivity contribution in [1.29, 1.82) is 0 Å². The average molecular weight is 351 g/mol. The van der Waals surface area contributed by atoms with E-state index in [1.54, 1.807) is 6.07 Å². The van der Waals surface area contributed by atoms with Gasteiger partial charge in [-0.05, 0) is 47.0 Å². The number of nitrogen functional groups attached to an aromatic ring is 1. The van der Waals surface area contributed by atoms with Crippen LogP contribution in [-0.2, 0) is 10.0 Å². The summed E-state index contributed by atoms with van der Waals surface area (Å²) < 4.78 is 27.1. The number of hydrogen-bond acceptors (Lipinski definition) is 4. The SMILES string of the molecule is Nc1ccc(S(=O)(=O)NCCCCCCO)cc1Br. The molecule has 0 heterocycles. The topological polar surface area (TPSA) is 92.4 Å². The molecular weight excluding hydrogens is 332 g/mol. The van der Waals surface area contributed by atoms with E-state index < -0.39 is 10.0 Å². The van der Waals surface area contributed by atoms with Crippen molar-refractivity contribution < 1.29 is 13.5 Å². The molecule has 0 aliphatic heterocycles. The van der Waals surface area contributed by atoms with Crippen LogP contribution in [0.15, 0.2) is 27.6 Å². The summed E-state index contributed by atoms with van der Waals surface area (Å²) in [5.74, 6) is 0. The molecule has 108 valence electrons. The first-order valence-electron chi connectivity index (χ1n) is 6.13. The second-order valence-electron chi connectivity index (χ2n) is 4.22. The van der Waals surface area contributed by atoms with Crippen molar-refractivity contribution in [2.45, 2.75) is 30.6 Å². The van der Waals surface area contributed by atoms with Gasteiger partial charge in [-0.2, -0.15) is 0 Å². The lowest BCUT2D eigenvalue weighted by molar-refractivity contribution is 0.282. The standard InChI is InChI=1S/C12H19BrN2O3S/c13-11-9-10(5-6-12(11)14)19(17,18)15-7-3-1-2-4-8-16/h5-6,9,15-16H,1-4,7-8,14H2. The number of aliphatic hydroxyl groups excluding tert-OH is 1. The first kappa shape index (κ1) is 16.4. The maximum absolute atomic E-state index is 12.0. The van der Waals surface area contributed by atoms with Gasteiger partial charge in [-0.3, -0.25) is 0 Å². The van der Waals surface area contributed by atoms with Gasteiger partial charge < -0.3 is 10.8 Å². The zero-order valence-corrected chi connectivity index (χ0v) is 13.0. The Balaban J connectivity index is 2.49. The van der Waals surface area contributed by atoms with E-state index in [0.717, 1.165) is 25.7 Å². The third kappa shape index (κ3) is 5.48. The Morgan fingerprint density at radius 1 is 1.21 bits per heavy atom. The molecule has 0 bridgehead atoms. The monoisotopic (exact) mass is 350 g/mol. The molecule has 0 radical (unpaired) electrons. The number of rotatable bonds is 8. The lowest BCUT2D eigenvalue weighted by atomic mass is 10.2. The summed E-state index contributed by atoms with van der Waals surface area (Å²) in [6, 6.07) is 4.53. The second kappa shape index (κ2) is 7.84. The number of nitrogens with one attached hydrogen (secondary N) is 1. The van der Waals surface area contributed by atoms with Crippen molar-refractivity contribution >= 4 is 31.6 Å². The van der Waals surface area contributed by atoms with Gasteiger partial charge in [0.2, 0.25) is 10.0 Å². The Morgan fingerprint density at radius 3 is 2.53 bits per heavy atom. The fourth-order valence-corrected chi connectivity index (χ4v) is 3.19. The van der Waals surface area contributed by atoms with E-state index in [0.29, 0.717) is 16.7 Å². The largest absolute Gasteiger partial charge is 0.398 e. The van der Waals surface area contributed by atoms with Crippen LogP contribution in [0.1, 0.15) is 25.7 Å². The Hall–Kier alpha value is -0.630. The first-order valence-corrected chi connectivity index (χ1v) is 8.40. The zero-order chi connectivity index (χ0) is 14.3. The molecule has 7 heteroatoms. The minimum absolute atomic E-state index is 0.186. The molecule has 4 N–H and O–H groups in total. The molecule has 0 spiro atoms. The maximum atomic E-state index is 12.0. The molecule has 0 saturated heterocycles. The smallest absolute Gasteiger partial charge is 0.240 e. The number of sulfonamides is 1. The van der Waals surface area contributed by atoms with Gasteiger partial charge in [-0.15, -0.1) is 0 Å². The normalized spacial score (nSPS) is 11.7. The molecular formula is C12H19BrN2O3S. The molecule has 0 fully saturated rings. The van der Waals surface area contributed by atoms with E-state index in [9.17, 15) is 8.42 Å². The summed E-state index contributed by atoms with van der Waals surface area (Å²) >= 11 is 3.21. The van der Waals surface area contributed by atoms with Gasteiger partial charge in [-0.25, -0.2) is 13.1 Å².